The highest BCUT2D eigenvalue weighted by atomic mass is 35.5. The number of rotatable bonds is 7. The molecule has 1 N–H and O–H groups in total. The van der Waals surface area contributed by atoms with Crippen LogP contribution in [0.1, 0.15) is 36.2 Å². The molecule has 142 valence electrons. The van der Waals surface area contributed by atoms with Crippen molar-refractivity contribution in [3.05, 3.63) is 47.0 Å². The number of ether oxygens (including phenoxy) is 1. The first-order valence-corrected chi connectivity index (χ1v) is 9.08. The van der Waals surface area contributed by atoms with Crippen LogP contribution in [0.4, 0.5) is 4.39 Å². The third-order valence-corrected chi connectivity index (χ3v) is 5.65. The number of amides is 1. The van der Waals surface area contributed by atoms with Gasteiger partial charge in [-0.3, -0.25) is 14.3 Å². The van der Waals surface area contributed by atoms with Crippen molar-refractivity contribution in [2.45, 2.75) is 31.2 Å². The Kier molecular flexibility index (Phi) is 4.22. The first kappa shape index (κ1) is 18.0. The molecule has 0 radical (unpaired) electrons. The summed E-state index contributed by atoms with van der Waals surface area (Å²) in [7, 11) is 1.78. The van der Waals surface area contributed by atoms with Gasteiger partial charge in [0.05, 0.1) is 5.02 Å². The SMILES string of the molecule is Cn1ccc(C(=O)CC23CC(NC(=O)COc4ccc(Cl)c(F)c4)(C2)C3)n1. The van der Waals surface area contributed by atoms with Crippen LogP contribution >= 0.6 is 11.6 Å². The van der Waals surface area contributed by atoms with E-state index < -0.39 is 5.82 Å². The number of aryl methyl sites for hydroxylation is 1. The number of aromatic nitrogens is 2. The minimum atomic E-state index is -0.589. The Morgan fingerprint density at radius 3 is 2.70 bits per heavy atom. The normalized spacial score (nSPS) is 25.3. The third kappa shape index (κ3) is 3.43. The van der Waals surface area contributed by atoms with Crippen molar-refractivity contribution in [2.24, 2.45) is 12.5 Å². The number of halogens is 2. The molecule has 3 saturated carbocycles. The Morgan fingerprint density at radius 2 is 2.07 bits per heavy atom. The zero-order chi connectivity index (χ0) is 19.2. The van der Waals surface area contributed by atoms with Gasteiger partial charge in [-0.05, 0) is 42.9 Å². The first-order valence-electron chi connectivity index (χ1n) is 8.70. The van der Waals surface area contributed by atoms with E-state index in [4.69, 9.17) is 16.3 Å². The molecule has 1 amide bonds. The summed E-state index contributed by atoms with van der Waals surface area (Å²) in [4.78, 5) is 24.4. The molecule has 6 nitrogen and oxygen atoms in total. The molecule has 1 heterocycles. The van der Waals surface area contributed by atoms with Gasteiger partial charge in [0, 0.05) is 31.3 Å². The molecule has 5 rings (SSSR count). The molecule has 3 fully saturated rings. The van der Waals surface area contributed by atoms with Crippen LogP contribution in [-0.4, -0.2) is 33.6 Å². The average molecular weight is 392 g/mol. The number of benzene rings is 1. The second-order valence-electron chi connectivity index (χ2n) is 7.70. The number of carbonyl (C=O) groups excluding carboxylic acids is 2. The maximum Gasteiger partial charge on any atom is 0.258 e. The van der Waals surface area contributed by atoms with Gasteiger partial charge < -0.3 is 10.1 Å². The minimum Gasteiger partial charge on any atom is -0.484 e. The van der Waals surface area contributed by atoms with Crippen molar-refractivity contribution in [3.8, 4) is 5.75 Å². The van der Waals surface area contributed by atoms with Crippen molar-refractivity contribution in [1.82, 2.24) is 15.1 Å². The van der Waals surface area contributed by atoms with Crippen LogP contribution in [0.2, 0.25) is 5.02 Å². The Morgan fingerprint density at radius 1 is 1.33 bits per heavy atom. The first-order chi connectivity index (χ1) is 12.8. The summed E-state index contributed by atoms with van der Waals surface area (Å²) < 4.78 is 20.3. The van der Waals surface area contributed by atoms with Crippen molar-refractivity contribution >= 4 is 23.3 Å². The number of nitrogens with zero attached hydrogens (tertiary/aromatic N) is 2. The molecule has 0 spiro atoms. The molecule has 27 heavy (non-hydrogen) atoms. The number of carbonyl (C=O) groups is 2. The lowest BCUT2D eigenvalue weighted by molar-refractivity contribution is -0.164. The van der Waals surface area contributed by atoms with E-state index in [1.807, 2.05) is 0 Å². The zero-order valence-corrected chi connectivity index (χ0v) is 15.6. The van der Waals surface area contributed by atoms with Crippen LogP contribution in [0.25, 0.3) is 0 Å². The van der Waals surface area contributed by atoms with E-state index in [1.54, 1.807) is 24.0 Å². The monoisotopic (exact) mass is 391 g/mol. The summed E-state index contributed by atoms with van der Waals surface area (Å²) in [5, 5.41) is 7.13. The molecule has 2 bridgehead atoms. The van der Waals surface area contributed by atoms with Gasteiger partial charge in [0.15, 0.2) is 12.4 Å². The second kappa shape index (κ2) is 6.34. The van der Waals surface area contributed by atoms with Gasteiger partial charge in [0.1, 0.15) is 17.3 Å². The van der Waals surface area contributed by atoms with Crippen LogP contribution < -0.4 is 10.1 Å². The van der Waals surface area contributed by atoms with Crippen LogP contribution in [-0.2, 0) is 11.8 Å². The number of hydrogen-bond acceptors (Lipinski definition) is 4. The predicted octanol–water partition coefficient (Wildman–Crippen LogP) is 2.90. The van der Waals surface area contributed by atoms with Crippen LogP contribution in [0, 0.1) is 11.2 Å². The Bertz CT molecular complexity index is 907. The molecule has 8 heteroatoms. The number of Topliss-reactive ketones (excluding diaryl/α,β-unsaturated/α-hetero) is 1. The quantitative estimate of drug-likeness (QED) is 0.736. The topological polar surface area (TPSA) is 73.2 Å². The van der Waals surface area contributed by atoms with E-state index >= 15 is 0 Å². The Labute approximate surface area is 160 Å². The maximum atomic E-state index is 13.4. The molecule has 3 aliphatic carbocycles. The van der Waals surface area contributed by atoms with Crippen LogP contribution in [0.3, 0.4) is 0 Å². The summed E-state index contributed by atoms with van der Waals surface area (Å²) in [5.41, 5.74) is 0.252. The van der Waals surface area contributed by atoms with E-state index in [0.717, 1.165) is 25.3 Å². The van der Waals surface area contributed by atoms with Gasteiger partial charge in [-0.25, -0.2) is 4.39 Å². The van der Waals surface area contributed by atoms with E-state index in [2.05, 4.69) is 10.4 Å². The number of hydrogen-bond donors (Lipinski definition) is 1. The fraction of sp³-hybridized carbons (Fsp3) is 0.421. The Hall–Kier alpha value is -2.41. The van der Waals surface area contributed by atoms with Crippen LogP contribution in [0.15, 0.2) is 30.5 Å². The zero-order valence-electron chi connectivity index (χ0n) is 14.8. The molecule has 3 aliphatic rings. The molecule has 1 aromatic heterocycles. The average Bonchev–Trinajstić information content (AvgIpc) is 2.99. The summed E-state index contributed by atoms with van der Waals surface area (Å²) in [6, 6.07) is 5.77. The summed E-state index contributed by atoms with van der Waals surface area (Å²) >= 11 is 5.61. The summed E-state index contributed by atoms with van der Waals surface area (Å²) in [6.45, 7) is -0.192. The smallest absolute Gasteiger partial charge is 0.258 e. The largest absolute Gasteiger partial charge is 0.484 e. The molecule has 0 aliphatic heterocycles. The molecule has 0 atom stereocenters. The molecule has 2 aromatic rings. The highest BCUT2D eigenvalue weighted by Gasteiger charge is 2.68. The molecule has 0 saturated heterocycles. The number of nitrogens with one attached hydrogen (secondary N) is 1. The fourth-order valence-electron chi connectivity index (χ4n) is 4.36. The minimum absolute atomic E-state index is 0.00576. The number of ketones is 1. The van der Waals surface area contributed by atoms with E-state index in [0.29, 0.717) is 12.1 Å². The fourth-order valence-corrected chi connectivity index (χ4v) is 4.48. The maximum absolute atomic E-state index is 13.4. The van der Waals surface area contributed by atoms with E-state index in [-0.39, 0.29) is 40.0 Å². The van der Waals surface area contributed by atoms with Crippen molar-refractivity contribution < 1.29 is 18.7 Å². The van der Waals surface area contributed by atoms with E-state index in [9.17, 15) is 14.0 Å². The molecule has 0 unspecified atom stereocenters. The molecular formula is C19H19ClFN3O3. The Balaban J connectivity index is 1.23. The van der Waals surface area contributed by atoms with Gasteiger partial charge >= 0.3 is 0 Å². The third-order valence-electron chi connectivity index (χ3n) is 5.34. The van der Waals surface area contributed by atoms with E-state index in [1.165, 1.54) is 12.1 Å². The highest BCUT2D eigenvalue weighted by Crippen LogP contribution is 2.69. The van der Waals surface area contributed by atoms with Gasteiger partial charge in [-0.2, -0.15) is 5.10 Å². The lowest BCUT2D eigenvalue weighted by Crippen LogP contribution is -2.75. The van der Waals surface area contributed by atoms with Crippen molar-refractivity contribution in [3.63, 3.8) is 0 Å². The summed E-state index contributed by atoms with van der Waals surface area (Å²) in [6.07, 6.45) is 4.59. The van der Waals surface area contributed by atoms with Crippen molar-refractivity contribution in [2.75, 3.05) is 6.61 Å². The molecular weight excluding hydrogens is 373 g/mol. The molecule has 1 aromatic carbocycles. The van der Waals surface area contributed by atoms with Gasteiger partial charge in [-0.1, -0.05) is 11.6 Å². The predicted molar refractivity (Wildman–Crippen MR) is 96.2 cm³/mol. The van der Waals surface area contributed by atoms with Gasteiger partial charge in [-0.15, -0.1) is 0 Å². The van der Waals surface area contributed by atoms with Crippen LogP contribution in [0.5, 0.6) is 5.75 Å². The highest BCUT2D eigenvalue weighted by molar-refractivity contribution is 6.30. The summed E-state index contributed by atoms with van der Waals surface area (Å²) in [5.74, 6) is -0.548. The standard InChI is InChI=1S/C19H19ClFN3O3/c1-24-5-4-15(23-24)16(25)7-18-9-19(10-18,11-18)22-17(26)8-27-12-2-3-13(20)14(21)6-12/h2-6H,7-11H2,1H3,(H,22,26). The van der Waals surface area contributed by atoms with Gasteiger partial charge in [0.2, 0.25) is 0 Å². The van der Waals surface area contributed by atoms with Gasteiger partial charge in [0.25, 0.3) is 5.91 Å². The van der Waals surface area contributed by atoms with Crippen molar-refractivity contribution in [1.29, 1.82) is 0 Å². The lowest BCUT2D eigenvalue weighted by Gasteiger charge is -2.70. The lowest BCUT2D eigenvalue weighted by atomic mass is 9.38. The second-order valence-corrected chi connectivity index (χ2v) is 8.11.